The third-order valence-electron chi connectivity index (χ3n) is 3.19. The summed E-state index contributed by atoms with van der Waals surface area (Å²) >= 11 is 0. The molecule has 1 aliphatic rings. The third-order valence-corrected chi connectivity index (χ3v) is 3.19. The number of hydrogen-bond donors (Lipinski definition) is 2. The highest BCUT2D eigenvalue weighted by Gasteiger charge is 2.22. The number of benzene rings is 1. The maximum atomic E-state index is 12.0. The molecule has 5 heteroatoms. The number of hydrogen-bond acceptors (Lipinski definition) is 4. The van der Waals surface area contributed by atoms with Gasteiger partial charge in [0.05, 0.1) is 17.0 Å². The fourth-order valence-electron chi connectivity index (χ4n) is 2.20. The Balaban J connectivity index is 1.78. The van der Waals surface area contributed by atoms with Crippen LogP contribution in [0.3, 0.4) is 0 Å². The molecule has 2 unspecified atom stereocenters. The van der Waals surface area contributed by atoms with Crippen LogP contribution in [-0.2, 0) is 4.79 Å². The van der Waals surface area contributed by atoms with Crippen LogP contribution in [0.5, 0.6) is 0 Å². The minimum Gasteiger partial charge on any atom is -0.326 e. The summed E-state index contributed by atoms with van der Waals surface area (Å²) in [5.41, 5.74) is 8.05. The number of carbonyl (C=O) groups excluding carboxylic acids is 1. The highest BCUT2D eigenvalue weighted by Crippen LogP contribution is 2.20. The molecule has 0 bridgehead atoms. The standard InChI is InChI=1S/C14H14N4O/c15-10-2-1-9(7-10)14(19)18-11-3-4-12-13(8-11)17-6-5-16-12/h1-6,8-10H,7,15H2,(H,18,19). The zero-order chi connectivity index (χ0) is 13.2. The van der Waals surface area contributed by atoms with Crippen molar-refractivity contribution >= 4 is 22.6 Å². The third kappa shape index (κ3) is 2.46. The molecule has 5 nitrogen and oxygen atoms in total. The van der Waals surface area contributed by atoms with E-state index in [4.69, 9.17) is 5.73 Å². The van der Waals surface area contributed by atoms with Crippen molar-refractivity contribution in [3.63, 3.8) is 0 Å². The lowest BCUT2D eigenvalue weighted by Crippen LogP contribution is -2.23. The molecule has 0 fully saturated rings. The van der Waals surface area contributed by atoms with E-state index < -0.39 is 0 Å². The van der Waals surface area contributed by atoms with Gasteiger partial charge >= 0.3 is 0 Å². The normalized spacial score (nSPS) is 21.7. The Kier molecular flexibility index (Phi) is 2.97. The molecule has 1 amide bonds. The maximum Gasteiger partial charge on any atom is 0.231 e. The molecule has 1 aliphatic carbocycles. The molecule has 3 N–H and O–H groups in total. The molecule has 96 valence electrons. The Morgan fingerprint density at radius 2 is 2.00 bits per heavy atom. The van der Waals surface area contributed by atoms with E-state index in [2.05, 4.69) is 15.3 Å². The van der Waals surface area contributed by atoms with Crippen molar-refractivity contribution < 1.29 is 4.79 Å². The number of nitrogens with zero attached hydrogens (tertiary/aromatic N) is 2. The van der Waals surface area contributed by atoms with Crippen LogP contribution in [0.15, 0.2) is 42.7 Å². The summed E-state index contributed by atoms with van der Waals surface area (Å²) in [6.45, 7) is 0. The van der Waals surface area contributed by atoms with E-state index in [0.29, 0.717) is 6.42 Å². The molecule has 0 saturated carbocycles. The van der Waals surface area contributed by atoms with Gasteiger partial charge in [-0.2, -0.15) is 0 Å². The van der Waals surface area contributed by atoms with Crippen molar-refractivity contribution in [3.05, 3.63) is 42.7 Å². The lowest BCUT2D eigenvalue weighted by Gasteiger charge is -2.10. The van der Waals surface area contributed by atoms with E-state index >= 15 is 0 Å². The second-order valence-electron chi connectivity index (χ2n) is 4.64. The average Bonchev–Trinajstić information content (AvgIpc) is 2.85. The summed E-state index contributed by atoms with van der Waals surface area (Å²) in [5, 5.41) is 2.88. The van der Waals surface area contributed by atoms with Gasteiger partial charge < -0.3 is 11.1 Å². The molecular formula is C14H14N4O. The van der Waals surface area contributed by atoms with E-state index in [9.17, 15) is 4.79 Å². The topological polar surface area (TPSA) is 80.9 Å². The predicted octanol–water partition coefficient (Wildman–Crippen LogP) is 1.47. The second-order valence-corrected chi connectivity index (χ2v) is 4.64. The van der Waals surface area contributed by atoms with Gasteiger partial charge in [0.15, 0.2) is 0 Å². The minimum absolute atomic E-state index is 0.0155. The monoisotopic (exact) mass is 254 g/mol. The molecule has 0 aliphatic heterocycles. The number of nitrogens with one attached hydrogen (secondary N) is 1. The summed E-state index contributed by atoms with van der Waals surface area (Å²) < 4.78 is 0. The van der Waals surface area contributed by atoms with Crippen molar-refractivity contribution in [1.82, 2.24) is 9.97 Å². The van der Waals surface area contributed by atoms with Gasteiger partial charge in [0.25, 0.3) is 0 Å². The maximum absolute atomic E-state index is 12.0. The molecule has 2 atom stereocenters. The summed E-state index contributed by atoms with van der Waals surface area (Å²) in [4.78, 5) is 20.4. The molecule has 3 rings (SSSR count). The van der Waals surface area contributed by atoms with Crippen LogP contribution < -0.4 is 11.1 Å². The number of nitrogens with two attached hydrogens (primary N) is 1. The molecule has 1 aromatic carbocycles. The highest BCUT2D eigenvalue weighted by atomic mass is 16.1. The van der Waals surface area contributed by atoms with Crippen molar-refractivity contribution in [2.24, 2.45) is 11.7 Å². The number of amides is 1. The first-order valence-corrected chi connectivity index (χ1v) is 6.18. The molecule has 2 aromatic rings. The second kappa shape index (κ2) is 4.78. The molecule has 0 spiro atoms. The number of aromatic nitrogens is 2. The van der Waals surface area contributed by atoms with E-state index in [1.165, 1.54) is 0 Å². The predicted molar refractivity (Wildman–Crippen MR) is 73.4 cm³/mol. The number of anilines is 1. The summed E-state index contributed by atoms with van der Waals surface area (Å²) in [6, 6.07) is 5.47. The SMILES string of the molecule is NC1C=CC(C(=O)Nc2ccc3nccnc3c2)C1. The molecule has 0 saturated heterocycles. The fraction of sp³-hybridized carbons (Fsp3) is 0.214. The van der Waals surface area contributed by atoms with Gasteiger partial charge in [-0.05, 0) is 24.6 Å². The van der Waals surface area contributed by atoms with E-state index in [0.717, 1.165) is 16.7 Å². The lowest BCUT2D eigenvalue weighted by molar-refractivity contribution is -0.118. The zero-order valence-electron chi connectivity index (χ0n) is 10.3. The Morgan fingerprint density at radius 3 is 2.74 bits per heavy atom. The summed E-state index contributed by atoms with van der Waals surface area (Å²) in [7, 11) is 0. The van der Waals surface area contributed by atoms with Crippen molar-refractivity contribution in [1.29, 1.82) is 0 Å². The molecule has 1 heterocycles. The average molecular weight is 254 g/mol. The van der Waals surface area contributed by atoms with Crippen molar-refractivity contribution in [3.8, 4) is 0 Å². The molecule has 0 radical (unpaired) electrons. The van der Waals surface area contributed by atoms with E-state index in [1.807, 2.05) is 30.4 Å². The van der Waals surface area contributed by atoms with Crippen molar-refractivity contribution in [2.75, 3.05) is 5.32 Å². The fourth-order valence-corrected chi connectivity index (χ4v) is 2.20. The van der Waals surface area contributed by atoms with Crippen LogP contribution in [0.1, 0.15) is 6.42 Å². The molecule has 1 aromatic heterocycles. The summed E-state index contributed by atoms with van der Waals surface area (Å²) in [5.74, 6) is -0.181. The van der Waals surface area contributed by atoms with Gasteiger partial charge in [0.1, 0.15) is 0 Å². The van der Waals surface area contributed by atoms with Gasteiger partial charge in [0.2, 0.25) is 5.91 Å². The van der Waals surface area contributed by atoms with Crippen LogP contribution in [0.25, 0.3) is 11.0 Å². The van der Waals surface area contributed by atoms with Gasteiger partial charge in [-0.1, -0.05) is 12.2 Å². The number of fused-ring (bicyclic) bond motifs is 1. The lowest BCUT2D eigenvalue weighted by atomic mass is 10.1. The first-order valence-electron chi connectivity index (χ1n) is 6.18. The first-order chi connectivity index (χ1) is 9.22. The van der Waals surface area contributed by atoms with Gasteiger partial charge in [-0.15, -0.1) is 0 Å². The van der Waals surface area contributed by atoms with Crippen LogP contribution in [0, 0.1) is 5.92 Å². The van der Waals surface area contributed by atoms with Gasteiger partial charge in [-0.3, -0.25) is 14.8 Å². The van der Waals surface area contributed by atoms with Crippen LogP contribution in [0.4, 0.5) is 5.69 Å². The number of carbonyl (C=O) groups is 1. The summed E-state index contributed by atoms with van der Waals surface area (Å²) in [6.07, 6.45) is 7.67. The van der Waals surface area contributed by atoms with Crippen LogP contribution in [-0.4, -0.2) is 21.9 Å². The zero-order valence-corrected chi connectivity index (χ0v) is 10.3. The minimum atomic E-state index is -0.146. The molecule has 19 heavy (non-hydrogen) atoms. The Hall–Kier alpha value is -2.27. The van der Waals surface area contributed by atoms with E-state index in [1.54, 1.807) is 12.4 Å². The quantitative estimate of drug-likeness (QED) is 0.795. The smallest absolute Gasteiger partial charge is 0.231 e. The van der Waals surface area contributed by atoms with E-state index in [-0.39, 0.29) is 17.9 Å². The van der Waals surface area contributed by atoms with Gasteiger partial charge in [-0.25, -0.2) is 0 Å². The Bertz CT molecular complexity index is 653. The Morgan fingerprint density at radius 1 is 1.21 bits per heavy atom. The molecular weight excluding hydrogens is 240 g/mol. The number of rotatable bonds is 2. The van der Waals surface area contributed by atoms with Gasteiger partial charge in [0, 0.05) is 24.1 Å². The van der Waals surface area contributed by atoms with Crippen LogP contribution in [0.2, 0.25) is 0 Å². The Labute approximate surface area is 110 Å². The highest BCUT2D eigenvalue weighted by molar-refractivity contribution is 5.95. The van der Waals surface area contributed by atoms with Crippen LogP contribution >= 0.6 is 0 Å². The van der Waals surface area contributed by atoms with Crippen molar-refractivity contribution in [2.45, 2.75) is 12.5 Å². The first kappa shape index (κ1) is 11.8. The largest absolute Gasteiger partial charge is 0.326 e.